The number of benzene rings is 2. The molecule has 192 valence electrons. The number of fused-ring (bicyclic) bond motifs is 3. The van der Waals surface area contributed by atoms with Gasteiger partial charge in [-0.3, -0.25) is 14.6 Å². The Morgan fingerprint density at radius 1 is 0.919 bits per heavy atom. The van der Waals surface area contributed by atoms with Gasteiger partial charge in [0.25, 0.3) is 0 Å². The smallest absolute Gasteiger partial charge is 0.240 e. The molecule has 3 aliphatic rings. The molecule has 2 saturated heterocycles. The molecule has 6 rings (SSSR count). The highest BCUT2D eigenvalue weighted by Crippen LogP contribution is 2.51. The molecular formula is C29H31N3O5. The van der Waals surface area contributed by atoms with E-state index >= 15 is 0 Å². The minimum atomic E-state index is -0.899. The van der Waals surface area contributed by atoms with Gasteiger partial charge in [0.15, 0.2) is 11.5 Å². The average molecular weight is 502 g/mol. The van der Waals surface area contributed by atoms with E-state index in [0.29, 0.717) is 53.6 Å². The third-order valence-electron chi connectivity index (χ3n) is 8.07. The van der Waals surface area contributed by atoms with Gasteiger partial charge in [0.05, 0.1) is 19.7 Å². The summed E-state index contributed by atoms with van der Waals surface area (Å²) in [6, 6.07) is 13.3. The predicted octanol–water partition coefficient (Wildman–Crippen LogP) is 5.31. The van der Waals surface area contributed by atoms with Crippen LogP contribution in [0.25, 0.3) is 10.9 Å². The lowest BCUT2D eigenvalue weighted by atomic mass is 9.97. The molecule has 1 saturated carbocycles. The van der Waals surface area contributed by atoms with Gasteiger partial charge in [-0.2, -0.15) is 0 Å². The van der Waals surface area contributed by atoms with E-state index in [2.05, 4.69) is 15.2 Å². The Morgan fingerprint density at radius 2 is 1.59 bits per heavy atom. The molecule has 2 unspecified atom stereocenters. The van der Waals surface area contributed by atoms with Crippen LogP contribution in [-0.4, -0.2) is 48.0 Å². The summed E-state index contributed by atoms with van der Waals surface area (Å²) in [5, 5.41) is 3.77. The fourth-order valence-corrected chi connectivity index (χ4v) is 5.88. The number of aromatic nitrogens is 1. The zero-order valence-electron chi connectivity index (χ0n) is 21.2. The minimum absolute atomic E-state index is 0.0359. The number of carbonyl (C=O) groups excluding carboxylic acids is 2. The summed E-state index contributed by atoms with van der Waals surface area (Å²) in [5.41, 5.74) is 0.466. The van der Waals surface area contributed by atoms with Crippen molar-refractivity contribution in [2.45, 2.75) is 57.0 Å². The van der Waals surface area contributed by atoms with E-state index in [9.17, 15) is 9.59 Å². The third-order valence-corrected chi connectivity index (χ3v) is 8.07. The SMILES string of the molecule is COc1cc2nccc(Oc3ccc(NC(=O)C4(C(=O)N5C6CCCC5CC6)CC4)cc3)c2cc1OC. The number of piperidine rings is 1. The molecule has 2 bridgehead atoms. The van der Waals surface area contributed by atoms with Crippen LogP contribution in [0, 0.1) is 5.41 Å². The van der Waals surface area contributed by atoms with E-state index in [-0.39, 0.29) is 11.8 Å². The summed E-state index contributed by atoms with van der Waals surface area (Å²) in [6.45, 7) is 0. The highest BCUT2D eigenvalue weighted by Gasteiger charge is 2.60. The van der Waals surface area contributed by atoms with Crippen molar-refractivity contribution < 1.29 is 23.8 Å². The Morgan fingerprint density at radius 3 is 2.24 bits per heavy atom. The largest absolute Gasteiger partial charge is 0.493 e. The first-order chi connectivity index (χ1) is 18.0. The number of nitrogens with one attached hydrogen (secondary N) is 1. The van der Waals surface area contributed by atoms with Gasteiger partial charge in [-0.25, -0.2) is 0 Å². The fraction of sp³-hybridized carbons (Fsp3) is 0.414. The summed E-state index contributed by atoms with van der Waals surface area (Å²) >= 11 is 0. The average Bonchev–Trinajstić information content (AvgIpc) is 3.70. The number of carbonyl (C=O) groups is 2. The number of ether oxygens (including phenoxy) is 3. The minimum Gasteiger partial charge on any atom is -0.493 e. The molecule has 0 radical (unpaired) electrons. The Balaban J connectivity index is 1.16. The molecular weight excluding hydrogens is 470 g/mol. The van der Waals surface area contributed by atoms with Gasteiger partial charge in [0.2, 0.25) is 11.8 Å². The van der Waals surface area contributed by atoms with Crippen molar-refractivity contribution in [1.29, 1.82) is 0 Å². The van der Waals surface area contributed by atoms with E-state index < -0.39 is 5.41 Å². The van der Waals surface area contributed by atoms with Crippen LogP contribution in [-0.2, 0) is 9.59 Å². The summed E-state index contributed by atoms with van der Waals surface area (Å²) in [6.07, 6.45) is 8.38. The van der Waals surface area contributed by atoms with Crippen LogP contribution in [0.3, 0.4) is 0 Å². The van der Waals surface area contributed by atoms with Crippen LogP contribution >= 0.6 is 0 Å². The molecule has 2 amide bonds. The zero-order valence-corrected chi connectivity index (χ0v) is 21.2. The molecule has 1 N–H and O–H groups in total. The van der Waals surface area contributed by atoms with E-state index in [1.165, 1.54) is 6.42 Å². The molecule has 2 atom stereocenters. The molecule has 3 heterocycles. The van der Waals surface area contributed by atoms with Crippen molar-refractivity contribution >= 4 is 28.4 Å². The monoisotopic (exact) mass is 501 g/mol. The van der Waals surface area contributed by atoms with Crippen LogP contribution in [0.5, 0.6) is 23.0 Å². The molecule has 0 spiro atoms. The number of hydrogen-bond acceptors (Lipinski definition) is 6. The molecule has 2 aliphatic heterocycles. The van der Waals surface area contributed by atoms with Crippen molar-refractivity contribution in [3.63, 3.8) is 0 Å². The van der Waals surface area contributed by atoms with E-state index in [4.69, 9.17) is 14.2 Å². The number of amides is 2. The number of anilines is 1. The maximum Gasteiger partial charge on any atom is 0.240 e. The lowest BCUT2D eigenvalue weighted by molar-refractivity contribution is -0.145. The van der Waals surface area contributed by atoms with Gasteiger partial charge in [-0.1, -0.05) is 0 Å². The van der Waals surface area contributed by atoms with Crippen LogP contribution in [0.15, 0.2) is 48.7 Å². The topological polar surface area (TPSA) is 90.0 Å². The molecule has 2 aromatic carbocycles. The van der Waals surface area contributed by atoms with Crippen molar-refractivity contribution in [1.82, 2.24) is 9.88 Å². The van der Waals surface area contributed by atoms with Gasteiger partial charge in [-0.05, 0) is 81.3 Å². The normalized spacial score (nSPS) is 21.4. The quantitative estimate of drug-likeness (QED) is 0.442. The maximum atomic E-state index is 13.4. The van der Waals surface area contributed by atoms with Gasteiger partial charge >= 0.3 is 0 Å². The fourth-order valence-electron chi connectivity index (χ4n) is 5.88. The summed E-state index contributed by atoms with van der Waals surface area (Å²) in [4.78, 5) is 33.1. The summed E-state index contributed by atoms with van der Waals surface area (Å²) < 4.78 is 16.9. The Hall–Kier alpha value is -3.81. The number of pyridine rings is 1. The molecule has 1 aromatic heterocycles. The lowest BCUT2D eigenvalue weighted by Crippen LogP contribution is -2.50. The second-order valence-electron chi connectivity index (χ2n) is 10.2. The highest BCUT2D eigenvalue weighted by molar-refractivity contribution is 6.13. The van der Waals surface area contributed by atoms with Crippen LogP contribution < -0.4 is 19.5 Å². The third kappa shape index (κ3) is 4.14. The van der Waals surface area contributed by atoms with Crippen molar-refractivity contribution in [2.24, 2.45) is 5.41 Å². The van der Waals surface area contributed by atoms with Crippen molar-refractivity contribution in [2.75, 3.05) is 19.5 Å². The van der Waals surface area contributed by atoms with Crippen LogP contribution in [0.2, 0.25) is 0 Å². The molecule has 37 heavy (non-hydrogen) atoms. The number of methoxy groups -OCH3 is 2. The number of hydrogen-bond donors (Lipinski definition) is 1. The standard InChI is InChI=1S/C29H31N3O5/c1-35-25-16-22-23(17-26(25)36-2)30-15-12-24(22)37-21-10-6-18(7-11-21)31-27(33)29(13-14-29)28(34)32-19-4-3-5-20(32)9-8-19/h6-7,10-12,15-17,19-20H,3-5,8-9,13-14H2,1-2H3,(H,31,33). The Labute approximate surface area is 215 Å². The van der Waals surface area contributed by atoms with Gasteiger partial charge in [-0.15, -0.1) is 0 Å². The first-order valence-corrected chi connectivity index (χ1v) is 13.0. The van der Waals surface area contributed by atoms with Crippen LogP contribution in [0.4, 0.5) is 5.69 Å². The number of nitrogens with zero attached hydrogens (tertiary/aromatic N) is 2. The maximum absolute atomic E-state index is 13.4. The number of rotatable bonds is 7. The lowest BCUT2D eigenvalue weighted by Gasteiger charge is -2.37. The predicted molar refractivity (Wildman–Crippen MR) is 139 cm³/mol. The summed E-state index contributed by atoms with van der Waals surface area (Å²) in [5.74, 6) is 2.27. The Kier molecular flexibility index (Phi) is 5.89. The molecule has 3 aromatic rings. The zero-order chi connectivity index (χ0) is 25.6. The van der Waals surface area contributed by atoms with Gasteiger partial charge in [0.1, 0.15) is 16.9 Å². The van der Waals surface area contributed by atoms with E-state index in [1.54, 1.807) is 50.7 Å². The van der Waals surface area contributed by atoms with Crippen molar-refractivity contribution in [3.05, 3.63) is 48.7 Å². The molecule has 8 heteroatoms. The molecule has 3 fully saturated rings. The first-order valence-electron chi connectivity index (χ1n) is 13.0. The van der Waals surface area contributed by atoms with Gasteiger partial charge in [0, 0.05) is 35.4 Å². The molecule has 8 nitrogen and oxygen atoms in total. The second kappa shape index (κ2) is 9.25. The van der Waals surface area contributed by atoms with E-state index in [1.807, 2.05) is 12.1 Å². The second-order valence-corrected chi connectivity index (χ2v) is 10.2. The highest BCUT2D eigenvalue weighted by atomic mass is 16.5. The Bertz CT molecular complexity index is 1340. The van der Waals surface area contributed by atoms with Gasteiger partial charge < -0.3 is 24.4 Å². The van der Waals surface area contributed by atoms with Crippen molar-refractivity contribution in [3.8, 4) is 23.0 Å². The summed E-state index contributed by atoms with van der Waals surface area (Å²) in [7, 11) is 3.17. The first kappa shape index (κ1) is 23.6. The van der Waals surface area contributed by atoms with Crippen LogP contribution in [0.1, 0.15) is 44.9 Å². The van der Waals surface area contributed by atoms with E-state index in [0.717, 1.165) is 36.6 Å². The molecule has 1 aliphatic carbocycles.